The Morgan fingerprint density at radius 3 is 2.58 bits per heavy atom. The van der Waals surface area contributed by atoms with Crippen LogP contribution >= 0.6 is 0 Å². The lowest BCUT2D eigenvalue weighted by Gasteiger charge is -2.26. The zero-order valence-electron chi connectivity index (χ0n) is 11.0. The third-order valence-corrected chi connectivity index (χ3v) is 3.55. The second-order valence-electron chi connectivity index (χ2n) is 5.02. The van der Waals surface area contributed by atoms with Crippen molar-refractivity contribution in [1.29, 1.82) is 0 Å². The Morgan fingerprint density at radius 1 is 1.11 bits per heavy atom. The number of nitrogens with two attached hydrogens (primary N) is 1. The van der Waals surface area contributed by atoms with E-state index in [1.54, 1.807) is 0 Å². The second-order valence-corrected chi connectivity index (χ2v) is 5.02. The lowest BCUT2D eigenvalue weighted by molar-refractivity contribution is 0.779. The first-order valence-corrected chi connectivity index (χ1v) is 6.83. The number of anilines is 1. The molecule has 0 aliphatic heterocycles. The highest BCUT2D eigenvalue weighted by molar-refractivity contribution is 5.53. The molecule has 1 saturated carbocycles. The van der Waals surface area contributed by atoms with Gasteiger partial charge in [0.1, 0.15) is 0 Å². The van der Waals surface area contributed by atoms with Gasteiger partial charge < -0.3 is 10.6 Å². The van der Waals surface area contributed by atoms with E-state index < -0.39 is 0 Å². The van der Waals surface area contributed by atoms with E-state index in [9.17, 15) is 0 Å². The minimum atomic E-state index is 0.494. The molecule has 0 spiro atoms. The van der Waals surface area contributed by atoms with Crippen LogP contribution in [0.5, 0.6) is 0 Å². The van der Waals surface area contributed by atoms with Crippen LogP contribution < -0.4 is 10.6 Å². The zero-order valence-corrected chi connectivity index (χ0v) is 11.0. The Labute approximate surface area is 114 Å². The molecular formula is C16H19N3. The number of rotatable bonds is 5. The SMILES string of the molecule is NCc1ncccc1N(Cc1ccccc1)C1CC1. The van der Waals surface area contributed by atoms with Gasteiger partial charge in [-0.1, -0.05) is 30.3 Å². The van der Waals surface area contributed by atoms with Gasteiger partial charge in [0.2, 0.25) is 0 Å². The van der Waals surface area contributed by atoms with Crippen molar-refractivity contribution >= 4 is 5.69 Å². The number of benzene rings is 1. The molecule has 1 aliphatic rings. The van der Waals surface area contributed by atoms with Gasteiger partial charge >= 0.3 is 0 Å². The van der Waals surface area contributed by atoms with Crippen molar-refractivity contribution in [3.05, 3.63) is 59.9 Å². The number of aromatic nitrogens is 1. The van der Waals surface area contributed by atoms with Gasteiger partial charge in [0, 0.05) is 25.3 Å². The molecule has 2 N–H and O–H groups in total. The number of pyridine rings is 1. The average Bonchev–Trinajstić information content (AvgIpc) is 3.30. The quantitative estimate of drug-likeness (QED) is 0.891. The summed E-state index contributed by atoms with van der Waals surface area (Å²) in [6.07, 6.45) is 4.36. The molecule has 1 aromatic heterocycles. The molecule has 0 saturated heterocycles. The Kier molecular flexibility index (Phi) is 3.47. The Morgan fingerprint density at radius 2 is 1.89 bits per heavy atom. The van der Waals surface area contributed by atoms with Gasteiger partial charge in [-0.2, -0.15) is 0 Å². The van der Waals surface area contributed by atoms with Crippen LogP contribution in [0.15, 0.2) is 48.7 Å². The fraction of sp³-hybridized carbons (Fsp3) is 0.312. The van der Waals surface area contributed by atoms with Crippen LogP contribution in [0.25, 0.3) is 0 Å². The van der Waals surface area contributed by atoms with Crippen molar-refractivity contribution in [1.82, 2.24) is 4.98 Å². The Balaban J connectivity index is 1.89. The predicted octanol–water partition coefficient (Wildman–Crippen LogP) is 2.71. The van der Waals surface area contributed by atoms with Crippen molar-refractivity contribution in [2.45, 2.75) is 32.0 Å². The van der Waals surface area contributed by atoms with Crippen LogP contribution in [0, 0.1) is 0 Å². The minimum absolute atomic E-state index is 0.494. The lowest BCUT2D eigenvalue weighted by Crippen LogP contribution is -2.27. The fourth-order valence-corrected chi connectivity index (χ4v) is 2.43. The molecular weight excluding hydrogens is 234 g/mol. The van der Waals surface area contributed by atoms with E-state index in [0.29, 0.717) is 12.6 Å². The molecule has 3 heteroatoms. The molecule has 2 aromatic rings. The molecule has 19 heavy (non-hydrogen) atoms. The second kappa shape index (κ2) is 5.41. The van der Waals surface area contributed by atoms with E-state index >= 15 is 0 Å². The van der Waals surface area contributed by atoms with Gasteiger partial charge in [0.15, 0.2) is 0 Å². The minimum Gasteiger partial charge on any atom is -0.363 e. The van der Waals surface area contributed by atoms with Gasteiger partial charge in [0.25, 0.3) is 0 Å². The molecule has 1 fully saturated rings. The number of nitrogens with zero attached hydrogens (tertiary/aromatic N) is 2. The van der Waals surface area contributed by atoms with Crippen LogP contribution in [0.1, 0.15) is 24.1 Å². The molecule has 0 amide bonds. The van der Waals surface area contributed by atoms with Crippen LogP contribution in [-0.2, 0) is 13.1 Å². The monoisotopic (exact) mass is 253 g/mol. The molecule has 0 unspecified atom stereocenters. The van der Waals surface area contributed by atoms with Gasteiger partial charge in [-0.25, -0.2) is 0 Å². The predicted molar refractivity (Wildman–Crippen MR) is 77.8 cm³/mol. The highest BCUT2D eigenvalue weighted by Gasteiger charge is 2.30. The molecule has 3 rings (SSSR count). The average molecular weight is 253 g/mol. The standard InChI is InChI=1S/C16H19N3/c17-11-15-16(7-4-10-18-15)19(14-8-9-14)12-13-5-2-1-3-6-13/h1-7,10,14H,8-9,11-12,17H2. The summed E-state index contributed by atoms with van der Waals surface area (Å²) in [6.45, 7) is 1.43. The lowest BCUT2D eigenvalue weighted by atomic mass is 10.2. The molecule has 1 aromatic carbocycles. The summed E-state index contributed by atoms with van der Waals surface area (Å²) in [4.78, 5) is 6.85. The van der Waals surface area contributed by atoms with Crippen molar-refractivity contribution in [2.24, 2.45) is 5.73 Å². The molecule has 98 valence electrons. The molecule has 3 nitrogen and oxygen atoms in total. The summed E-state index contributed by atoms with van der Waals surface area (Å²) in [5, 5.41) is 0. The topological polar surface area (TPSA) is 42.1 Å². The maximum Gasteiger partial charge on any atom is 0.0772 e. The van der Waals surface area contributed by atoms with Crippen molar-refractivity contribution in [3.63, 3.8) is 0 Å². The van der Waals surface area contributed by atoms with Crippen LogP contribution in [0.3, 0.4) is 0 Å². The van der Waals surface area contributed by atoms with E-state index in [-0.39, 0.29) is 0 Å². The van der Waals surface area contributed by atoms with Crippen LogP contribution in [-0.4, -0.2) is 11.0 Å². The zero-order chi connectivity index (χ0) is 13.1. The molecule has 1 heterocycles. The molecule has 1 aliphatic carbocycles. The first kappa shape index (κ1) is 12.2. The maximum absolute atomic E-state index is 5.81. The van der Waals surface area contributed by atoms with Crippen LogP contribution in [0.4, 0.5) is 5.69 Å². The van der Waals surface area contributed by atoms with E-state index in [2.05, 4.69) is 46.3 Å². The van der Waals surface area contributed by atoms with Gasteiger partial charge in [0.05, 0.1) is 11.4 Å². The number of hydrogen-bond donors (Lipinski definition) is 1. The highest BCUT2D eigenvalue weighted by Crippen LogP contribution is 2.34. The normalized spacial score (nSPS) is 14.4. The maximum atomic E-state index is 5.81. The number of hydrogen-bond acceptors (Lipinski definition) is 3. The Bertz CT molecular complexity index is 535. The first-order chi connectivity index (χ1) is 9.38. The summed E-state index contributed by atoms with van der Waals surface area (Å²) in [5.74, 6) is 0. The summed E-state index contributed by atoms with van der Waals surface area (Å²) in [7, 11) is 0. The molecule has 0 radical (unpaired) electrons. The first-order valence-electron chi connectivity index (χ1n) is 6.83. The highest BCUT2D eigenvalue weighted by atomic mass is 15.2. The molecule has 0 atom stereocenters. The summed E-state index contributed by atoms with van der Waals surface area (Å²) in [5.41, 5.74) is 9.33. The van der Waals surface area contributed by atoms with Gasteiger partial charge in [-0.15, -0.1) is 0 Å². The van der Waals surface area contributed by atoms with E-state index in [1.807, 2.05) is 12.3 Å². The largest absolute Gasteiger partial charge is 0.363 e. The van der Waals surface area contributed by atoms with Gasteiger partial charge in [-0.3, -0.25) is 4.98 Å². The fourth-order valence-electron chi connectivity index (χ4n) is 2.43. The molecule has 0 bridgehead atoms. The summed E-state index contributed by atoms with van der Waals surface area (Å²) < 4.78 is 0. The third kappa shape index (κ3) is 2.76. The van der Waals surface area contributed by atoms with E-state index in [0.717, 1.165) is 12.2 Å². The van der Waals surface area contributed by atoms with Crippen molar-refractivity contribution in [3.8, 4) is 0 Å². The summed E-state index contributed by atoms with van der Waals surface area (Å²) >= 11 is 0. The van der Waals surface area contributed by atoms with Crippen molar-refractivity contribution in [2.75, 3.05) is 4.90 Å². The van der Waals surface area contributed by atoms with E-state index in [1.165, 1.54) is 24.1 Å². The summed E-state index contributed by atoms with van der Waals surface area (Å²) in [6, 6.07) is 15.4. The van der Waals surface area contributed by atoms with Crippen molar-refractivity contribution < 1.29 is 0 Å². The van der Waals surface area contributed by atoms with Gasteiger partial charge in [-0.05, 0) is 30.5 Å². The van der Waals surface area contributed by atoms with Crippen LogP contribution in [0.2, 0.25) is 0 Å². The Hall–Kier alpha value is -1.87. The smallest absolute Gasteiger partial charge is 0.0772 e. The van der Waals surface area contributed by atoms with E-state index in [4.69, 9.17) is 5.73 Å². The third-order valence-electron chi connectivity index (χ3n) is 3.55.